The molecule has 1 aliphatic rings. The van der Waals surface area contributed by atoms with Crippen molar-refractivity contribution < 1.29 is 17.9 Å². The Balaban J connectivity index is 2.41. The van der Waals surface area contributed by atoms with Gasteiger partial charge in [0.2, 0.25) is 0 Å². The number of aryl methyl sites for hydroxylation is 1. The molecular formula is C11H12F3NO. The monoisotopic (exact) mass is 231 g/mol. The molecule has 0 bridgehead atoms. The summed E-state index contributed by atoms with van der Waals surface area (Å²) in [7, 11) is 0. The number of ether oxygens (including phenoxy) is 1. The van der Waals surface area contributed by atoms with Crippen molar-refractivity contribution in [1.82, 2.24) is 4.98 Å². The molecule has 0 aromatic carbocycles. The van der Waals surface area contributed by atoms with Crippen molar-refractivity contribution in [2.45, 2.75) is 38.5 Å². The zero-order chi connectivity index (χ0) is 11.8. The van der Waals surface area contributed by atoms with Crippen molar-refractivity contribution in [1.29, 1.82) is 0 Å². The third kappa shape index (κ3) is 2.28. The SMILES string of the molecule is CCc1cncc(C(F)(F)F)c1OC1CC1. The number of pyridine rings is 1. The van der Waals surface area contributed by atoms with Crippen LogP contribution >= 0.6 is 0 Å². The molecule has 0 aliphatic heterocycles. The summed E-state index contributed by atoms with van der Waals surface area (Å²) in [4.78, 5) is 3.61. The van der Waals surface area contributed by atoms with Crippen LogP contribution in [0.3, 0.4) is 0 Å². The highest BCUT2D eigenvalue weighted by atomic mass is 19.4. The lowest BCUT2D eigenvalue weighted by atomic mass is 10.1. The highest BCUT2D eigenvalue weighted by Gasteiger charge is 2.37. The number of halogens is 3. The van der Waals surface area contributed by atoms with Crippen LogP contribution in [0.2, 0.25) is 0 Å². The summed E-state index contributed by atoms with van der Waals surface area (Å²) in [5.74, 6) is -0.0347. The zero-order valence-electron chi connectivity index (χ0n) is 8.84. The molecule has 0 amide bonds. The molecule has 0 atom stereocenters. The standard InChI is InChI=1S/C11H12F3NO/c1-2-7-5-15-6-9(11(12,13)14)10(7)16-8-3-4-8/h5-6,8H,2-4H2,1H3. The Labute approximate surface area is 91.4 Å². The Hall–Kier alpha value is -1.26. The third-order valence-corrected chi connectivity index (χ3v) is 2.47. The molecule has 1 fully saturated rings. The molecular weight excluding hydrogens is 219 g/mol. The fourth-order valence-corrected chi connectivity index (χ4v) is 1.44. The van der Waals surface area contributed by atoms with Crippen LogP contribution < -0.4 is 4.74 Å². The first-order chi connectivity index (χ1) is 7.52. The van der Waals surface area contributed by atoms with E-state index in [2.05, 4.69) is 4.98 Å². The number of alkyl halides is 3. The molecule has 0 spiro atoms. The van der Waals surface area contributed by atoms with Crippen LogP contribution in [0.1, 0.15) is 30.9 Å². The zero-order valence-corrected chi connectivity index (χ0v) is 8.84. The maximum absolute atomic E-state index is 12.7. The Kier molecular flexibility index (Phi) is 2.78. The number of hydrogen-bond donors (Lipinski definition) is 0. The molecule has 0 N–H and O–H groups in total. The summed E-state index contributed by atoms with van der Waals surface area (Å²) in [5, 5.41) is 0. The topological polar surface area (TPSA) is 22.1 Å². The quantitative estimate of drug-likeness (QED) is 0.796. The Morgan fingerprint density at radius 3 is 2.56 bits per heavy atom. The van der Waals surface area contributed by atoms with Gasteiger partial charge in [-0.25, -0.2) is 0 Å². The van der Waals surface area contributed by atoms with Crippen LogP contribution in [-0.4, -0.2) is 11.1 Å². The Morgan fingerprint density at radius 1 is 1.38 bits per heavy atom. The van der Waals surface area contributed by atoms with Crippen molar-refractivity contribution in [2.75, 3.05) is 0 Å². The molecule has 88 valence electrons. The summed E-state index contributed by atoms with van der Waals surface area (Å²) in [6.45, 7) is 1.79. The maximum Gasteiger partial charge on any atom is 0.421 e. The van der Waals surface area contributed by atoms with Gasteiger partial charge in [-0.15, -0.1) is 0 Å². The summed E-state index contributed by atoms with van der Waals surface area (Å²) >= 11 is 0. The van der Waals surface area contributed by atoms with Crippen LogP contribution in [0.4, 0.5) is 13.2 Å². The normalized spacial score (nSPS) is 16.2. The number of aromatic nitrogens is 1. The van der Waals surface area contributed by atoms with Crippen molar-refractivity contribution in [3.8, 4) is 5.75 Å². The van der Waals surface area contributed by atoms with Gasteiger partial charge in [0.1, 0.15) is 11.3 Å². The van der Waals surface area contributed by atoms with Crippen LogP contribution in [0, 0.1) is 0 Å². The summed E-state index contributed by atoms with van der Waals surface area (Å²) < 4.78 is 43.5. The second-order valence-corrected chi connectivity index (χ2v) is 3.84. The van der Waals surface area contributed by atoms with Crippen LogP contribution in [0.5, 0.6) is 5.75 Å². The largest absolute Gasteiger partial charge is 0.489 e. The van der Waals surface area contributed by atoms with E-state index in [0.29, 0.717) is 12.0 Å². The van der Waals surface area contributed by atoms with Gasteiger partial charge in [-0.05, 0) is 19.3 Å². The number of rotatable bonds is 3. The van der Waals surface area contributed by atoms with Gasteiger partial charge in [0, 0.05) is 18.0 Å². The third-order valence-electron chi connectivity index (χ3n) is 2.47. The predicted octanol–water partition coefficient (Wildman–Crippen LogP) is 3.20. The summed E-state index contributed by atoms with van der Waals surface area (Å²) in [5.41, 5.74) is -0.250. The average Bonchev–Trinajstić information content (AvgIpc) is 3.00. The molecule has 1 heterocycles. The van der Waals surface area contributed by atoms with E-state index in [4.69, 9.17) is 4.74 Å². The van der Waals surface area contributed by atoms with E-state index >= 15 is 0 Å². The fraction of sp³-hybridized carbons (Fsp3) is 0.545. The predicted molar refractivity (Wildman–Crippen MR) is 52.3 cm³/mol. The van der Waals surface area contributed by atoms with Crippen LogP contribution in [0.15, 0.2) is 12.4 Å². The number of hydrogen-bond acceptors (Lipinski definition) is 2. The highest BCUT2D eigenvalue weighted by Crippen LogP contribution is 2.40. The average molecular weight is 231 g/mol. The van der Waals surface area contributed by atoms with Crippen LogP contribution in [0.25, 0.3) is 0 Å². The van der Waals surface area contributed by atoms with Crippen molar-refractivity contribution in [3.05, 3.63) is 23.5 Å². The van der Waals surface area contributed by atoms with Crippen molar-refractivity contribution >= 4 is 0 Å². The van der Waals surface area contributed by atoms with Gasteiger partial charge in [0.15, 0.2) is 0 Å². The minimum atomic E-state index is -4.40. The van der Waals surface area contributed by atoms with Gasteiger partial charge >= 0.3 is 6.18 Å². The first-order valence-corrected chi connectivity index (χ1v) is 5.23. The second-order valence-electron chi connectivity index (χ2n) is 3.84. The molecule has 16 heavy (non-hydrogen) atoms. The van der Waals surface area contributed by atoms with Gasteiger partial charge in [-0.2, -0.15) is 13.2 Å². The molecule has 1 saturated carbocycles. The fourth-order valence-electron chi connectivity index (χ4n) is 1.44. The van der Waals surface area contributed by atoms with Gasteiger partial charge in [-0.1, -0.05) is 6.92 Å². The lowest BCUT2D eigenvalue weighted by Crippen LogP contribution is -2.12. The van der Waals surface area contributed by atoms with E-state index in [1.807, 2.05) is 0 Å². The van der Waals surface area contributed by atoms with E-state index in [0.717, 1.165) is 19.0 Å². The van der Waals surface area contributed by atoms with E-state index in [1.54, 1.807) is 6.92 Å². The van der Waals surface area contributed by atoms with Gasteiger partial charge in [0.25, 0.3) is 0 Å². The van der Waals surface area contributed by atoms with Crippen LogP contribution in [-0.2, 0) is 12.6 Å². The first-order valence-electron chi connectivity index (χ1n) is 5.23. The minimum Gasteiger partial charge on any atom is -0.489 e. The molecule has 1 aromatic heterocycles. The minimum absolute atomic E-state index is 0.0347. The molecule has 2 rings (SSSR count). The molecule has 0 saturated heterocycles. The van der Waals surface area contributed by atoms with Crippen molar-refractivity contribution in [3.63, 3.8) is 0 Å². The summed E-state index contributed by atoms with van der Waals surface area (Å²) in [6, 6.07) is 0. The lowest BCUT2D eigenvalue weighted by molar-refractivity contribution is -0.139. The number of nitrogens with zero attached hydrogens (tertiary/aromatic N) is 1. The second kappa shape index (κ2) is 3.96. The molecule has 5 heteroatoms. The smallest absolute Gasteiger partial charge is 0.421 e. The molecule has 1 aliphatic carbocycles. The van der Waals surface area contributed by atoms with Crippen molar-refractivity contribution in [2.24, 2.45) is 0 Å². The van der Waals surface area contributed by atoms with E-state index in [1.165, 1.54) is 6.20 Å². The Morgan fingerprint density at radius 2 is 2.06 bits per heavy atom. The molecule has 0 radical (unpaired) electrons. The van der Waals surface area contributed by atoms with E-state index < -0.39 is 11.7 Å². The van der Waals surface area contributed by atoms with E-state index in [-0.39, 0.29) is 11.9 Å². The van der Waals surface area contributed by atoms with Gasteiger partial charge < -0.3 is 4.74 Å². The Bertz CT molecular complexity index is 385. The summed E-state index contributed by atoms with van der Waals surface area (Å²) in [6.07, 6.45) is -0.0229. The van der Waals surface area contributed by atoms with Gasteiger partial charge in [-0.3, -0.25) is 4.98 Å². The van der Waals surface area contributed by atoms with E-state index in [9.17, 15) is 13.2 Å². The lowest BCUT2D eigenvalue weighted by Gasteiger charge is -2.16. The van der Waals surface area contributed by atoms with Gasteiger partial charge in [0.05, 0.1) is 6.10 Å². The molecule has 2 nitrogen and oxygen atoms in total. The molecule has 0 unspecified atom stereocenters. The molecule has 1 aromatic rings. The maximum atomic E-state index is 12.7. The highest BCUT2D eigenvalue weighted by molar-refractivity contribution is 5.41. The first kappa shape index (κ1) is 11.2.